The van der Waals surface area contributed by atoms with Gasteiger partial charge in [-0.25, -0.2) is 0 Å². The van der Waals surface area contributed by atoms with Crippen LogP contribution in [-0.4, -0.2) is 39.2 Å². The summed E-state index contributed by atoms with van der Waals surface area (Å²) in [7, 11) is 0. The third kappa shape index (κ3) is 4.28. The number of ether oxygens (including phenoxy) is 1. The minimum Gasteiger partial charge on any atom is -0.394 e. The molecule has 4 rings (SSSR count). The summed E-state index contributed by atoms with van der Waals surface area (Å²) in [6, 6.07) is 14.2. The Morgan fingerprint density at radius 2 is 1.93 bits per heavy atom. The predicted octanol–water partition coefficient (Wildman–Crippen LogP) is 3.89. The fourth-order valence-electron chi connectivity index (χ4n) is 3.70. The lowest BCUT2D eigenvalue weighted by atomic mass is 9.94. The van der Waals surface area contributed by atoms with E-state index in [0.29, 0.717) is 24.3 Å². The SMILES string of the molecule is OC[C@@H]1C[C@H](O)C[C@H](c2ccc(Cl)c(Cc3ccc(-c4cn[nH]c4)cc3)c2)O1. The van der Waals surface area contributed by atoms with Gasteiger partial charge in [0.2, 0.25) is 0 Å². The second-order valence-corrected chi connectivity index (χ2v) is 7.67. The summed E-state index contributed by atoms with van der Waals surface area (Å²) >= 11 is 6.44. The molecule has 6 heteroatoms. The first-order chi connectivity index (χ1) is 13.6. The van der Waals surface area contributed by atoms with E-state index in [4.69, 9.17) is 16.3 Å². The fraction of sp³-hybridized carbons (Fsp3) is 0.318. The molecule has 1 saturated heterocycles. The van der Waals surface area contributed by atoms with E-state index in [0.717, 1.165) is 27.8 Å². The van der Waals surface area contributed by atoms with Gasteiger partial charge in [-0.15, -0.1) is 0 Å². The zero-order valence-electron chi connectivity index (χ0n) is 15.4. The predicted molar refractivity (Wildman–Crippen MR) is 108 cm³/mol. The van der Waals surface area contributed by atoms with Crippen LogP contribution < -0.4 is 0 Å². The Morgan fingerprint density at radius 3 is 2.64 bits per heavy atom. The molecule has 1 aromatic heterocycles. The molecule has 146 valence electrons. The van der Waals surface area contributed by atoms with Crippen molar-refractivity contribution in [3.63, 3.8) is 0 Å². The van der Waals surface area contributed by atoms with E-state index in [-0.39, 0.29) is 18.8 Å². The number of aromatic nitrogens is 2. The number of halogens is 1. The molecule has 1 fully saturated rings. The summed E-state index contributed by atoms with van der Waals surface area (Å²) in [5.74, 6) is 0. The van der Waals surface area contributed by atoms with Gasteiger partial charge in [0.25, 0.3) is 0 Å². The second-order valence-electron chi connectivity index (χ2n) is 7.27. The van der Waals surface area contributed by atoms with E-state index >= 15 is 0 Å². The number of aromatic amines is 1. The maximum Gasteiger partial charge on any atom is 0.0854 e. The maximum absolute atomic E-state index is 10.1. The van der Waals surface area contributed by atoms with Gasteiger partial charge in [0.15, 0.2) is 0 Å². The van der Waals surface area contributed by atoms with Crippen molar-refractivity contribution >= 4 is 11.6 Å². The summed E-state index contributed by atoms with van der Waals surface area (Å²) in [5, 5.41) is 27.0. The van der Waals surface area contributed by atoms with Crippen LogP contribution in [-0.2, 0) is 11.2 Å². The Bertz CT molecular complexity index is 912. The van der Waals surface area contributed by atoms with Gasteiger partial charge in [0.1, 0.15) is 0 Å². The number of nitrogens with one attached hydrogen (secondary N) is 1. The van der Waals surface area contributed by atoms with E-state index in [1.54, 1.807) is 6.20 Å². The van der Waals surface area contributed by atoms with E-state index in [9.17, 15) is 10.2 Å². The van der Waals surface area contributed by atoms with E-state index in [1.807, 2.05) is 24.4 Å². The molecule has 28 heavy (non-hydrogen) atoms. The summed E-state index contributed by atoms with van der Waals surface area (Å²) < 4.78 is 5.93. The number of aliphatic hydroxyl groups excluding tert-OH is 2. The fourth-order valence-corrected chi connectivity index (χ4v) is 3.88. The van der Waals surface area contributed by atoms with Crippen LogP contribution in [0.3, 0.4) is 0 Å². The molecule has 0 unspecified atom stereocenters. The Morgan fingerprint density at radius 1 is 1.11 bits per heavy atom. The first-order valence-corrected chi connectivity index (χ1v) is 9.81. The van der Waals surface area contributed by atoms with Gasteiger partial charge < -0.3 is 14.9 Å². The van der Waals surface area contributed by atoms with Crippen molar-refractivity contribution in [2.75, 3.05) is 6.61 Å². The van der Waals surface area contributed by atoms with Gasteiger partial charge in [-0.1, -0.05) is 48.0 Å². The van der Waals surface area contributed by atoms with Crippen LogP contribution >= 0.6 is 11.6 Å². The standard InChI is InChI=1S/C22H23ClN2O3/c23-21-6-5-16(22-10-19(27)9-20(13-26)28-22)8-17(21)7-14-1-3-15(4-2-14)18-11-24-25-12-18/h1-6,8,11-12,19-20,22,26-27H,7,9-10,13H2,(H,24,25)/t19-,20-,22+/m0/s1. The van der Waals surface area contributed by atoms with E-state index in [1.165, 1.54) is 0 Å². The lowest BCUT2D eigenvalue weighted by Gasteiger charge is -2.32. The highest BCUT2D eigenvalue weighted by atomic mass is 35.5. The lowest BCUT2D eigenvalue weighted by molar-refractivity contribution is -0.113. The van der Waals surface area contributed by atoms with Crippen LogP contribution in [0, 0.1) is 0 Å². The van der Waals surface area contributed by atoms with Crippen molar-refractivity contribution in [1.82, 2.24) is 10.2 Å². The maximum atomic E-state index is 10.1. The van der Waals surface area contributed by atoms with Gasteiger partial charge in [-0.2, -0.15) is 5.10 Å². The Labute approximate surface area is 168 Å². The molecule has 0 amide bonds. The number of hydrogen-bond acceptors (Lipinski definition) is 4. The average Bonchev–Trinajstić information content (AvgIpc) is 3.24. The lowest BCUT2D eigenvalue weighted by Crippen LogP contribution is -2.33. The molecule has 5 nitrogen and oxygen atoms in total. The molecular formula is C22H23ClN2O3. The number of nitrogens with zero attached hydrogens (tertiary/aromatic N) is 1. The monoisotopic (exact) mass is 398 g/mol. The molecule has 0 bridgehead atoms. The molecule has 0 aliphatic carbocycles. The highest BCUT2D eigenvalue weighted by Crippen LogP contribution is 2.33. The van der Waals surface area contributed by atoms with Crippen molar-refractivity contribution in [3.05, 3.63) is 76.6 Å². The van der Waals surface area contributed by atoms with Gasteiger partial charge in [0, 0.05) is 29.6 Å². The third-order valence-electron chi connectivity index (χ3n) is 5.20. The minimum atomic E-state index is -0.467. The van der Waals surface area contributed by atoms with Crippen molar-refractivity contribution in [2.24, 2.45) is 0 Å². The smallest absolute Gasteiger partial charge is 0.0854 e. The van der Waals surface area contributed by atoms with Gasteiger partial charge >= 0.3 is 0 Å². The number of aliphatic hydroxyl groups is 2. The number of rotatable bonds is 5. The van der Waals surface area contributed by atoms with Crippen LogP contribution in [0.4, 0.5) is 0 Å². The average molecular weight is 399 g/mol. The quantitative estimate of drug-likeness (QED) is 0.609. The van der Waals surface area contributed by atoms with Crippen LogP contribution in [0.1, 0.15) is 35.6 Å². The second kappa shape index (κ2) is 8.45. The first-order valence-electron chi connectivity index (χ1n) is 9.43. The first kappa shape index (κ1) is 19.2. The summed E-state index contributed by atoms with van der Waals surface area (Å²) in [5.41, 5.74) is 5.31. The summed E-state index contributed by atoms with van der Waals surface area (Å²) in [6.45, 7) is -0.0863. The van der Waals surface area contributed by atoms with Crippen LogP contribution in [0.2, 0.25) is 5.02 Å². The Hall–Kier alpha value is -2.18. The number of H-pyrrole nitrogens is 1. The Balaban J connectivity index is 1.52. The molecular weight excluding hydrogens is 376 g/mol. The van der Waals surface area contributed by atoms with Crippen molar-refractivity contribution < 1.29 is 14.9 Å². The van der Waals surface area contributed by atoms with Gasteiger partial charge in [-0.3, -0.25) is 5.10 Å². The largest absolute Gasteiger partial charge is 0.394 e. The number of hydrogen-bond donors (Lipinski definition) is 3. The summed E-state index contributed by atoms with van der Waals surface area (Å²) in [6.07, 6.45) is 4.33. The molecule has 0 radical (unpaired) electrons. The van der Waals surface area contributed by atoms with Crippen molar-refractivity contribution in [2.45, 2.75) is 37.6 Å². The molecule has 2 aromatic carbocycles. The molecule has 3 N–H and O–H groups in total. The molecule has 0 spiro atoms. The normalized spacial score (nSPS) is 22.3. The van der Waals surface area contributed by atoms with Crippen LogP contribution in [0.15, 0.2) is 54.9 Å². The van der Waals surface area contributed by atoms with E-state index < -0.39 is 6.10 Å². The molecule has 1 aliphatic heterocycles. The van der Waals surface area contributed by atoms with Crippen molar-refractivity contribution in [3.8, 4) is 11.1 Å². The topological polar surface area (TPSA) is 78.4 Å². The highest BCUT2D eigenvalue weighted by molar-refractivity contribution is 6.31. The zero-order chi connectivity index (χ0) is 19.5. The summed E-state index contributed by atoms with van der Waals surface area (Å²) in [4.78, 5) is 0. The molecule has 2 heterocycles. The molecule has 3 aromatic rings. The zero-order valence-corrected chi connectivity index (χ0v) is 16.1. The third-order valence-corrected chi connectivity index (χ3v) is 5.57. The Kier molecular flexibility index (Phi) is 5.78. The van der Waals surface area contributed by atoms with Gasteiger partial charge in [-0.05, 0) is 34.7 Å². The molecule has 3 atom stereocenters. The minimum absolute atomic E-state index is 0.0863. The highest BCUT2D eigenvalue weighted by Gasteiger charge is 2.29. The van der Waals surface area contributed by atoms with Crippen LogP contribution in [0.5, 0.6) is 0 Å². The van der Waals surface area contributed by atoms with Crippen LogP contribution in [0.25, 0.3) is 11.1 Å². The van der Waals surface area contributed by atoms with E-state index in [2.05, 4.69) is 34.5 Å². The van der Waals surface area contributed by atoms with Gasteiger partial charge in [0.05, 0.1) is 31.1 Å². The molecule has 1 aliphatic rings. The molecule has 0 saturated carbocycles. The van der Waals surface area contributed by atoms with Crippen molar-refractivity contribution in [1.29, 1.82) is 0 Å². The number of benzene rings is 2.